The van der Waals surface area contributed by atoms with Gasteiger partial charge in [-0.15, -0.1) is 10.2 Å². The van der Waals surface area contributed by atoms with E-state index < -0.39 is 15.8 Å². The van der Waals surface area contributed by atoms with E-state index in [4.69, 9.17) is 0 Å². The number of thioether (sulfide) groups is 1. The summed E-state index contributed by atoms with van der Waals surface area (Å²) in [4.78, 5) is 12.4. The lowest BCUT2D eigenvalue weighted by atomic mass is 10.2. The van der Waals surface area contributed by atoms with E-state index in [2.05, 4.69) is 25.3 Å². The predicted molar refractivity (Wildman–Crippen MR) is 127 cm³/mol. The van der Waals surface area contributed by atoms with Crippen LogP contribution >= 0.6 is 11.8 Å². The average Bonchev–Trinajstić information content (AvgIpc) is 3.20. The van der Waals surface area contributed by atoms with E-state index in [1.54, 1.807) is 42.5 Å². The number of amides is 1. The van der Waals surface area contributed by atoms with E-state index in [9.17, 15) is 17.6 Å². The molecule has 4 rings (SSSR count). The van der Waals surface area contributed by atoms with Gasteiger partial charge < -0.3 is 5.32 Å². The van der Waals surface area contributed by atoms with E-state index >= 15 is 0 Å². The van der Waals surface area contributed by atoms with Crippen molar-refractivity contribution in [1.29, 1.82) is 0 Å². The molecule has 2 aromatic carbocycles. The van der Waals surface area contributed by atoms with E-state index in [0.717, 1.165) is 5.56 Å². The lowest BCUT2D eigenvalue weighted by Crippen LogP contribution is -2.26. The molecule has 34 heavy (non-hydrogen) atoms. The minimum atomic E-state index is -3.64. The molecule has 4 aromatic rings. The van der Waals surface area contributed by atoms with E-state index in [1.165, 1.54) is 34.5 Å². The Hall–Kier alpha value is -3.35. The van der Waals surface area contributed by atoms with E-state index in [-0.39, 0.29) is 29.5 Å². The largest absolute Gasteiger partial charge is 0.325 e. The maximum Gasteiger partial charge on any atom is 0.240 e. The van der Waals surface area contributed by atoms with Crippen LogP contribution < -0.4 is 10.0 Å². The summed E-state index contributed by atoms with van der Waals surface area (Å²) in [6.45, 7) is 2.00. The van der Waals surface area contributed by atoms with Gasteiger partial charge in [0.25, 0.3) is 0 Å². The maximum absolute atomic E-state index is 13.3. The number of anilines is 1. The third-order valence-electron chi connectivity index (χ3n) is 4.73. The Balaban J connectivity index is 1.36. The third kappa shape index (κ3) is 5.95. The van der Waals surface area contributed by atoms with Crippen molar-refractivity contribution in [2.75, 3.05) is 17.6 Å². The van der Waals surface area contributed by atoms with Gasteiger partial charge in [-0.05, 0) is 49.4 Å². The van der Waals surface area contributed by atoms with Crippen molar-refractivity contribution in [3.63, 3.8) is 0 Å². The highest BCUT2D eigenvalue weighted by Crippen LogP contribution is 2.17. The molecule has 176 valence electrons. The highest BCUT2D eigenvalue weighted by molar-refractivity contribution is 7.99. The molecule has 0 spiro atoms. The number of benzene rings is 2. The number of sulfonamides is 1. The predicted octanol–water partition coefficient (Wildman–Crippen LogP) is 2.82. The van der Waals surface area contributed by atoms with Gasteiger partial charge >= 0.3 is 0 Å². The first kappa shape index (κ1) is 23.8. The van der Waals surface area contributed by atoms with Crippen LogP contribution in [0.2, 0.25) is 0 Å². The summed E-state index contributed by atoms with van der Waals surface area (Å²) in [7, 11) is -3.64. The Morgan fingerprint density at radius 3 is 2.65 bits per heavy atom. The molecule has 2 N–H and O–H groups in total. The fraction of sp³-hybridized carbons (Fsp3) is 0.182. The zero-order chi connectivity index (χ0) is 24.1. The molecule has 0 saturated heterocycles. The van der Waals surface area contributed by atoms with Crippen LogP contribution in [0.5, 0.6) is 0 Å². The number of carbonyl (C=O) groups excluding carboxylic acids is 1. The van der Waals surface area contributed by atoms with Gasteiger partial charge in [0.2, 0.25) is 15.9 Å². The Bertz CT molecular complexity index is 1420. The Morgan fingerprint density at radius 1 is 1.09 bits per heavy atom. The Kier molecular flexibility index (Phi) is 7.20. The molecule has 2 aromatic heterocycles. The second-order valence-electron chi connectivity index (χ2n) is 7.37. The van der Waals surface area contributed by atoms with Crippen LogP contribution in [0.15, 0.2) is 70.6 Å². The number of aromatic nitrogens is 4. The van der Waals surface area contributed by atoms with Crippen LogP contribution in [-0.4, -0.2) is 46.4 Å². The monoisotopic (exact) mass is 500 g/mol. The van der Waals surface area contributed by atoms with Gasteiger partial charge in [0, 0.05) is 18.7 Å². The normalized spacial score (nSPS) is 11.6. The van der Waals surface area contributed by atoms with Gasteiger partial charge in [-0.3, -0.25) is 4.79 Å². The van der Waals surface area contributed by atoms with Gasteiger partial charge in [0.15, 0.2) is 11.5 Å². The molecule has 12 heteroatoms. The highest BCUT2D eigenvalue weighted by Gasteiger charge is 2.15. The van der Waals surface area contributed by atoms with Crippen molar-refractivity contribution < 1.29 is 17.6 Å². The highest BCUT2D eigenvalue weighted by atomic mass is 32.2. The van der Waals surface area contributed by atoms with Crippen molar-refractivity contribution in [2.45, 2.75) is 23.3 Å². The van der Waals surface area contributed by atoms with Crippen molar-refractivity contribution in [2.24, 2.45) is 0 Å². The molecule has 1 amide bonds. The molecule has 0 aliphatic carbocycles. The lowest BCUT2D eigenvalue weighted by molar-refractivity contribution is -0.113. The molecule has 0 unspecified atom stereocenters. The molecule has 0 saturated carbocycles. The van der Waals surface area contributed by atoms with Gasteiger partial charge in [-0.2, -0.15) is 9.61 Å². The number of carbonyl (C=O) groups is 1. The minimum Gasteiger partial charge on any atom is -0.325 e. The zero-order valence-corrected chi connectivity index (χ0v) is 19.7. The first-order valence-electron chi connectivity index (χ1n) is 10.3. The van der Waals surface area contributed by atoms with Crippen LogP contribution in [0.25, 0.3) is 5.65 Å². The van der Waals surface area contributed by atoms with Crippen molar-refractivity contribution in [1.82, 2.24) is 24.5 Å². The maximum atomic E-state index is 13.3. The van der Waals surface area contributed by atoms with Gasteiger partial charge in [0.05, 0.1) is 10.6 Å². The summed E-state index contributed by atoms with van der Waals surface area (Å²) in [6.07, 6.45) is 0.271. The lowest BCUT2D eigenvalue weighted by Gasteiger charge is -2.07. The number of aryl methyl sites for hydroxylation is 1. The molecule has 0 bridgehead atoms. The second-order valence-corrected chi connectivity index (χ2v) is 10.1. The van der Waals surface area contributed by atoms with Crippen LogP contribution in [0.3, 0.4) is 0 Å². The molecule has 2 heterocycles. The summed E-state index contributed by atoms with van der Waals surface area (Å²) in [5.41, 5.74) is 1.85. The van der Waals surface area contributed by atoms with Gasteiger partial charge in [-0.1, -0.05) is 35.5 Å². The summed E-state index contributed by atoms with van der Waals surface area (Å²) in [5, 5.41) is 15.8. The minimum absolute atomic E-state index is 0.0723. The Morgan fingerprint density at radius 2 is 1.88 bits per heavy atom. The van der Waals surface area contributed by atoms with Crippen LogP contribution in [0.1, 0.15) is 11.4 Å². The quantitative estimate of drug-likeness (QED) is 0.339. The number of nitrogens with zero attached hydrogens (tertiary/aromatic N) is 4. The van der Waals surface area contributed by atoms with Gasteiger partial charge in [0.1, 0.15) is 10.8 Å². The number of rotatable bonds is 9. The third-order valence-corrected chi connectivity index (χ3v) is 7.13. The van der Waals surface area contributed by atoms with Gasteiger partial charge in [-0.25, -0.2) is 17.5 Å². The number of hydrogen-bond donors (Lipinski definition) is 2. The molecule has 9 nitrogen and oxygen atoms in total. The first-order chi connectivity index (χ1) is 16.3. The smallest absolute Gasteiger partial charge is 0.240 e. The number of fused-ring (bicyclic) bond motifs is 1. The van der Waals surface area contributed by atoms with Crippen LogP contribution in [0.4, 0.5) is 10.1 Å². The average molecular weight is 501 g/mol. The standard InChI is InChI=1S/C22H21FN6O3S2/c1-15-5-7-18(8-6-15)34(31,32)24-12-11-20-27-26-19-9-10-22(28-29(19)20)33-14-21(30)25-17-4-2-3-16(23)13-17/h2-10,13,24H,11-12,14H2,1H3,(H,25,30). The molecule has 0 aliphatic heterocycles. The van der Waals surface area contributed by atoms with Crippen LogP contribution in [0, 0.1) is 12.7 Å². The van der Waals surface area contributed by atoms with E-state index in [0.29, 0.717) is 22.2 Å². The molecule has 0 atom stereocenters. The topological polar surface area (TPSA) is 118 Å². The SMILES string of the molecule is Cc1ccc(S(=O)(=O)NCCc2nnc3ccc(SCC(=O)Nc4cccc(F)c4)nn23)cc1. The molecular formula is C22H21FN6O3S2. The van der Waals surface area contributed by atoms with E-state index in [1.807, 2.05) is 6.92 Å². The summed E-state index contributed by atoms with van der Waals surface area (Å²) < 4.78 is 42.3. The summed E-state index contributed by atoms with van der Waals surface area (Å²) in [6, 6.07) is 15.7. The first-order valence-corrected chi connectivity index (χ1v) is 12.7. The molecule has 0 aliphatic rings. The molecular weight excluding hydrogens is 479 g/mol. The Labute approximate surface area is 199 Å². The molecule has 0 fully saturated rings. The number of hydrogen-bond acceptors (Lipinski definition) is 7. The summed E-state index contributed by atoms with van der Waals surface area (Å²) >= 11 is 1.20. The molecule has 0 radical (unpaired) electrons. The van der Waals surface area contributed by atoms with Crippen molar-refractivity contribution >= 4 is 39.0 Å². The fourth-order valence-corrected chi connectivity index (χ4v) is 4.74. The second kappa shape index (κ2) is 10.3. The number of halogens is 1. The van der Waals surface area contributed by atoms with Crippen molar-refractivity contribution in [3.8, 4) is 0 Å². The fourth-order valence-electron chi connectivity index (χ4n) is 3.05. The number of nitrogens with one attached hydrogen (secondary N) is 2. The van der Waals surface area contributed by atoms with Crippen LogP contribution in [-0.2, 0) is 21.2 Å². The van der Waals surface area contributed by atoms with Crippen molar-refractivity contribution in [3.05, 3.63) is 77.9 Å². The zero-order valence-electron chi connectivity index (χ0n) is 18.1. The summed E-state index contributed by atoms with van der Waals surface area (Å²) in [5.74, 6) is -0.179.